The summed E-state index contributed by atoms with van der Waals surface area (Å²) in [7, 11) is 0. The van der Waals surface area contributed by atoms with Crippen LogP contribution in [0, 0.1) is 5.92 Å². The van der Waals surface area contributed by atoms with Gasteiger partial charge in [0.05, 0.1) is 12.6 Å². The van der Waals surface area contributed by atoms with Gasteiger partial charge in [0.25, 0.3) is 0 Å². The first kappa shape index (κ1) is 20.1. The zero-order valence-corrected chi connectivity index (χ0v) is 15.4. The maximum absolute atomic E-state index is 12.5. The zero-order valence-electron chi connectivity index (χ0n) is 15.4. The summed E-state index contributed by atoms with van der Waals surface area (Å²) >= 11 is 0. The molecule has 142 valence electrons. The van der Waals surface area contributed by atoms with Gasteiger partial charge in [-0.15, -0.1) is 0 Å². The summed E-state index contributed by atoms with van der Waals surface area (Å²) in [5.41, 5.74) is 6.41. The molecule has 2 atom stereocenters. The molecule has 2 rings (SSSR count). The minimum Gasteiger partial charge on any atom is -0.370 e. The van der Waals surface area contributed by atoms with Crippen LogP contribution in [0.4, 0.5) is 0 Å². The molecule has 6 nitrogen and oxygen atoms in total. The predicted molar refractivity (Wildman–Crippen MR) is 100 cm³/mol. The van der Waals surface area contributed by atoms with Crippen molar-refractivity contribution < 1.29 is 14.4 Å². The van der Waals surface area contributed by atoms with E-state index in [1.165, 1.54) is 5.56 Å². The summed E-state index contributed by atoms with van der Waals surface area (Å²) in [6.07, 6.45) is 2.85. The molecule has 26 heavy (non-hydrogen) atoms. The van der Waals surface area contributed by atoms with E-state index in [9.17, 15) is 14.4 Å². The van der Waals surface area contributed by atoms with Crippen molar-refractivity contribution in [2.45, 2.75) is 45.1 Å². The Morgan fingerprint density at radius 3 is 2.69 bits per heavy atom. The second-order valence-corrected chi connectivity index (χ2v) is 7.22. The van der Waals surface area contributed by atoms with E-state index >= 15 is 0 Å². The van der Waals surface area contributed by atoms with Crippen molar-refractivity contribution >= 4 is 17.6 Å². The van der Waals surface area contributed by atoms with Gasteiger partial charge in [0.15, 0.2) is 5.78 Å². The summed E-state index contributed by atoms with van der Waals surface area (Å²) in [6.45, 7) is 3.88. The largest absolute Gasteiger partial charge is 0.370 e. The monoisotopic (exact) mass is 359 g/mol. The van der Waals surface area contributed by atoms with Crippen LogP contribution in [-0.4, -0.2) is 48.2 Å². The first-order valence-corrected chi connectivity index (χ1v) is 9.30. The molecule has 0 aliphatic carbocycles. The Morgan fingerprint density at radius 2 is 2.00 bits per heavy atom. The minimum absolute atomic E-state index is 0.0615. The van der Waals surface area contributed by atoms with E-state index in [2.05, 4.69) is 22.3 Å². The van der Waals surface area contributed by atoms with Crippen molar-refractivity contribution in [3.05, 3.63) is 35.9 Å². The van der Waals surface area contributed by atoms with E-state index in [0.717, 1.165) is 25.9 Å². The molecule has 1 aromatic carbocycles. The predicted octanol–water partition coefficient (Wildman–Crippen LogP) is 1.28. The lowest BCUT2D eigenvalue weighted by Crippen LogP contribution is -2.43. The van der Waals surface area contributed by atoms with E-state index in [0.29, 0.717) is 13.0 Å². The van der Waals surface area contributed by atoms with Crippen LogP contribution in [0.3, 0.4) is 0 Å². The maximum atomic E-state index is 12.5. The quantitative estimate of drug-likeness (QED) is 0.731. The molecule has 0 bridgehead atoms. The molecule has 0 spiro atoms. The van der Waals surface area contributed by atoms with Crippen LogP contribution >= 0.6 is 0 Å². The number of hydrogen-bond acceptors (Lipinski definition) is 4. The zero-order chi connectivity index (χ0) is 18.9. The van der Waals surface area contributed by atoms with Gasteiger partial charge in [0.1, 0.15) is 0 Å². The Bertz CT molecular complexity index is 618. The smallest absolute Gasteiger partial charge is 0.220 e. The van der Waals surface area contributed by atoms with E-state index in [-0.39, 0.29) is 30.4 Å². The molecule has 1 saturated heterocycles. The van der Waals surface area contributed by atoms with Gasteiger partial charge in [-0.05, 0) is 37.3 Å². The van der Waals surface area contributed by atoms with Crippen LogP contribution in [0.2, 0.25) is 0 Å². The van der Waals surface area contributed by atoms with Crippen LogP contribution in [0.25, 0.3) is 0 Å². The summed E-state index contributed by atoms with van der Waals surface area (Å²) in [4.78, 5) is 37.7. The van der Waals surface area contributed by atoms with Gasteiger partial charge in [-0.3, -0.25) is 19.3 Å². The fourth-order valence-electron chi connectivity index (χ4n) is 3.35. The van der Waals surface area contributed by atoms with Crippen LogP contribution in [0.15, 0.2) is 30.3 Å². The van der Waals surface area contributed by atoms with Gasteiger partial charge < -0.3 is 11.1 Å². The Morgan fingerprint density at radius 1 is 1.27 bits per heavy atom. The second kappa shape index (κ2) is 10.1. The summed E-state index contributed by atoms with van der Waals surface area (Å²) in [5, 5.41) is 2.84. The van der Waals surface area contributed by atoms with Crippen molar-refractivity contribution in [3.8, 4) is 0 Å². The minimum atomic E-state index is -0.426. The molecule has 0 saturated carbocycles. The van der Waals surface area contributed by atoms with Gasteiger partial charge in [-0.1, -0.05) is 37.3 Å². The highest BCUT2D eigenvalue weighted by molar-refractivity contribution is 5.90. The van der Waals surface area contributed by atoms with E-state index in [1.807, 2.05) is 25.1 Å². The van der Waals surface area contributed by atoms with Gasteiger partial charge in [-0.25, -0.2) is 0 Å². The fourth-order valence-corrected chi connectivity index (χ4v) is 3.35. The molecule has 2 amide bonds. The van der Waals surface area contributed by atoms with Crippen molar-refractivity contribution in [2.75, 3.05) is 19.6 Å². The lowest BCUT2D eigenvalue weighted by atomic mass is 10.0. The highest BCUT2D eigenvalue weighted by Gasteiger charge is 2.26. The number of Topliss-reactive ketones (excluding diaryl/α,β-unsaturated/α-hetero) is 1. The van der Waals surface area contributed by atoms with Crippen LogP contribution < -0.4 is 11.1 Å². The third kappa shape index (κ3) is 6.96. The molecule has 1 unspecified atom stereocenters. The molecular weight excluding hydrogens is 330 g/mol. The normalized spacial score (nSPS) is 19.6. The highest BCUT2D eigenvalue weighted by Crippen LogP contribution is 2.12. The van der Waals surface area contributed by atoms with Gasteiger partial charge in [-0.2, -0.15) is 0 Å². The Labute approximate surface area is 155 Å². The second-order valence-electron chi connectivity index (χ2n) is 7.22. The molecule has 0 aromatic heterocycles. The maximum Gasteiger partial charge on any atom is 0.220 e. The van der Waals surface area contributed by atoms with Crippen LogP contribution in [0.1, 0.15) is 38.2 Å². The lowest BCUT2D eigenvalue weighted by Gasteiger charge is -2.20. The van der Waals surface area contributed by atoms with Crippen molar-refractivity contribution in [3.63, 3.8) is 0 Å². The average Bonchev–Trinajstić information content (AvgIpc) is 2.74. The summed E-state index contributed by atoms with van der Waals surface area (Å²) in [6, 6.07) is 9.80. The van der Waals surface area contributed by atoms with E-state index in [4.69, 9.17) is 5.73 Å². The number of carbonyl (C=O) groups is 3. The first-order valence-electron chi connectivity index (χ1n) is 9.30. The number of rotatable bonds is 8. The number of nitrogens with zero attached hydrogens (tertiary/aromatic N) is 1. The van der Waals surface area contributed by atoms with Crippen LogP contribution in [-0.2, 0) is 20.8 Å². The van der Waals surface area contributed by atoms with Gasteiger partial charge >= 0.3 is 0 Å². The van der Waals surface area contributed by atoms with Gasteiger partial charge in [0, 0.05) is 19.4 Å². The number of nitrogens with one attached hydrogen (secondary N) is 1. The number of amides is 2. The molecule has 1 aliphatic heterocycles. The van der Waals surface area contributed by atoms with Crippen molar-refractivity contribution in [1.82, 2.24) is 10.2 Å². The number of benzene rings is 1. The number of hydrogen-bond donors (Lipinski definition) is 2. The molecule has 1 heterocycles. The topological polar surface area (TPSA) is 92.5 Å². The Kier molecular flexibility index (Phi) is 7.78. The number of primary amides is 1. The molecule has 6 heteroatoms. The molecule has 1 aromatic rings. The number of carbonyl (C=O) groups excluding carboxylic acids is 3. The molecular formula is C20H29N3O3. The summed E-state index contributed by atoms with van der Waals surface area (Å²) in [5.74, 6) is -0.651. The fraction of sp³-hybridized carbons (Fsp3) is 0.550. The third-order valence-electron chi connectivity index (χ3n) is 4.71. The van der Waals surface area contributed by atoms with E-state index < -0.39 is 11.9 Å². The van der Waals surface area contributed by atoms with E-state index in [1.54, 1.807) is 0 Å². The molecule has 1 aliphatic rings. The van der Waals surface area contributed by atoms with Crippen molar-refractivity contribution in [1.29, 1.82) is 0 Å². The SMILES string of the molecule is CC(CC(N)=O)CC(=O)N[C@H]1CCCN(CCc2ccccc2)CC1=O. The average molecular weight is 359 g/mol. The summed E-state index contributed by atoms with van der Waals surface area (Å²) < 4.78 is 0. The molecule has 3 N–H and O–H groups in total. The van der Waals surface area contributed by atoms with Crippen molar-refractivity contribution in [2.24, 2.45) is 11.7 Å². The first-order chi connectivity index (χ1) is 12.4. The van der Waals surface area contributed by atoms with Gasteiger partial charge in [0.2, 0.25) is 11.8 Å². The number of ketones is 1. The number of likely N-dealkylation sites (tertiary alicyclic amines) is 1. The highest BCUT2D eigenvalue weighted by atomic mass is 16.2. The molecule has 1 fully saturated rings. The van der Waals surface area contributed by atoms with Crippen LogP contribution in [0.5, 0.6) is 0 Å². The molecule has 0 radical (unpaired) electrons. The standard InChI is InChI=1S/C20H29N3O3/c1-15(12-19(21)25)13-20(26)22-17-8-5-10-23(14-18(17)24)11-9-16-6-3-2-4-7-16/h2-4,6-7,15,17H,5,8-14H2,1H3,(H2,21,25)(H,22,26)/t15?,17-/m0/s1. The lowest BCUT2D eigenvalue weighted by molar-refractivity contribution is -0.128. The Hall–Kier alpha value is -2.21. The Balaban J connectivity index is 1.79. The number of nitrogens with two attached hydrogens (primary N) is 1. The third-order valence-corrected chi connectivity index (χ3v) is 4.71.